The third-order valence-electron chi connectivity index (χ3n) is 2.62. The average Bonchev–Trinajstić information content (AvgIpc) is 2.75. The second kappa shape index (κ2) is 5.71. The highest BCUT2D eigenvalue weighted by atomic mass is 32.2. The number of benzene rings is 1. The van der Waals surface area contributed by atoms with Gasteiger partial charge in [0.25, 0.3) is 0 Å². The van der Waals surface area contributed by atoms with Gasteiger partial charge in [0.2, 0.25) is 0 Å². The van der Waals surface area contributed by atoms with Crippen molar-refractivity contribution in [2.24, 2.45) is 0 Å². The van der Waals surface area contributed by atoms with Crippen molar-refractivity contribution in [1.29, 1.82) is 0 Å². The first-order chi connectivity index (χ1) is 8.95. The molecule has 0 saturated heterocycles. The second-order valence-corrected chi connectivity index (χ2v) is 7.31. The fraction of sp³-hybridized carbons (Fsp3) is 0.308. The van der Waals surface area contributed by atoms with Gasteiger partial charge in [0, 0.05) is 36.0 Å². The summed E-state index contributed by atoms with van der Waals surface area (Å²) in [6.45, 7) is 2.77. The van der Waals surface area contributed by atoms with Gasteiger partial charge >= 0.3 is 0 Å². The van der Waals surface area contributed by atoms with Crippen molar-refractivity contribution in [3.05, 3.63) is 40.3 Å². The molecule has 6 heteroatoms. The van der Waals surface area contributed by atoms with Gasteiger partial charge in [-0.3, -0.25) is 0 Å². The molecule has 0 fully saturated rings. The maximum atomic E-state index is 11.3. The Morgan fingerprint density at radius 1 is 1.26 bits per heavy atom. The lowest BCUT2D eigenvalue weighted by Gasteiger charge is -2.05. The Hall–Kier alpha value is -1.40. The molecule has 2 aromatic rings. The monoisotopic (exact) mass is 296 g/mol. The number of nitrogens with one attached hydrogen (secondary N) is 1. The lowest BCUT2D eigenvalue weighted by molar-refractivity contribution is 0.602. The number of anilines is 1. The molecule has 0 aliphatic rings. The van der Waals surface area contributed by atoms with E-state index in [9.17, 15) is 8.42 Å². The van der Waals surface area contributed by atoms with Crippen LogP contribution in [0.1, 0.15) is 10.7 Å². The van der Waals surface area contributed by atoms with Crippen molar-refractivity contribution in [2.45, 2.75) is 18.2 Å². The average molecular weight is 296 g/mol. The van der Waals surface area contributed by atoms with Crippen LogP contribution in [-0.2, 0) is 16.3 Å². The van der Waals surface area contributed by atoms with Gasteiger partial charge in [-0.15, -0.1) is 11.3 Å². The van der Waals surface area contributed by atoms with Crippen LogP contribution < -0.4 is 5.32 Å². The topological polar surface area (TPSA) is 59.1 Å². The molecule has 0 bridgehead atoms. The fourth-order valence-corrected chi connectivity index (χ4v) is 3.06. The van der Waals surface area contributed by atoms with Gasteiger partial charge in [0.1, 0.15) is 0 Å². The Kier molecular flexibility index (Phi) is 4.21. The number of nitrogens with zero attached hydrogens (tertiary/aromatic N) is 1. The summed E-state index contributed by atoms with van der Waals surface area (Å²) in [5.41, 5.74) is 1.97. The normalized spacial score (nSPS) is 11.5. The maximum absolute atomic E-state index is 11.3. The van der Waals surface area contributed by atoms with E-state index in [0.29, 0.717) is 4.90 Å². The summed E-state index contributed by atoms with van der Waals surface area (Å²) in [6.07, 6.45) is 2.08. The van der Waals surface area contributed by atoms with Crippen LogP contribution in [0.25, 0.3) is 0 Å². The quantitative estimate of drug-likeness (QED) is 0.921. The molecule has 1 N–H and O–H groups in total. The van der Waals surface area contributed by atoms with Crippen LogP contribution in [0.5, 0.6) is 0 Å². The summed E-state index contributed by atoms with van der Waals surface area (Å²) < 4.78 is 22.6. The van der Waals surface area contributed by atoms with E-state index < -0.39 is 9.84 Å². The number of thiazole rings is 1. The van der Waals surface area contributed by atoms with Crippen molar-refractivity contribution in [2.75, 3.05) is 18.1 Å². The minimum Gasteiger partial charge on any atom is -0.385 e. The molecule has 0 spiro atoms. The maximum Gasteiger partial charge on any atom is 0.175 e. The zero-order valence-electron chi connectivity index (χ0n) is 10.9. The first kappa shape index (κ1) is 14.0. The molecule has 0 unspecified atom stereocenters. The van der Waals surface area contributed by atoms with Crippen LogP contribution in [0.4, 0.5) is 5.69 Å². The van der Waals surface area contributed by atoms with Gasteiger partial charge in [-0.1, -0.05) is 0 Å². The highest BCUT2D eigenvalue weighted by Gasteiger charge is 2.05. The molecule has 2 rings (SSSR count). The van der Waals surface area contributed by atoms with Crippen LogP contribution in [0.3, 0.4) is 0 Å². The lowest BCUT2D eigenvalue weighted by Crippen LogP contribution is -2.05. The molecule has 0 aliphatic carbocycles. The van der Waals surface area contributed by atoms with Crippen LogP contribution in [0, 0.1) is 6.92 Å². The Balaban J connectivity index is 1.90. The molecular formula is C13H16N2O2S2. The minimum atomic E-state index is -3.12. The SMILES string of the molecule is Cc1csc(CCNc2ccc(S(C)(=O)=O)cc2)n1. The summed E-state index contributed by atoms with van der Waals surface area (Å²) in [6, 6.07) is 6.80. The minimum absolute atomic E-state index is 0.341. The van der Waals surface area contributed by atoms with E-state index in [0.717, 1.165) is 29.4 Å². The molecule has 102 valence electrons. The summed E-state index contributed by atoms with van der Waals surface area (Å²) in [4.78, 5) is 4.73. The van der Waals surface area contributed by atoms with Crippen molar-refractivity contribution in [3.63, 3.8) is 0 Å². The van der Waals surface area contributed by atoms with Gasteiger partial charge in [-0.05, 0) is 31.2 Å². The molecule has 1 aromatic carbocycles. The molecule has 4 nitrogen and oxygen atoms in total. The van der Waals surface area contributed by atoms with E-state index in [4.69, 9.17) is 0 Å². The van der Waals surface area contributed by atoms with Crippen LogP contribution in [0.2, 0.25) is 0 Å². The van der Waals surface area contributed by atoms with E-state index in [1.165, 1.54) is 6.26 Å². The van der Waals surface area contributed by atoms with Gasteiger partial charge in [0.05, 0.1) is 9.90 Å². The first-order valence-electron chi connectivity index (χ1n) is 5.90. The van der Waals surface area contributed by atoms with Crippen LogP contribution >= 0.6 is 11.3 Å². The van der Waals surface area contributed by atoms with Crippen molar-refractivity contribution in [1.82, 2.24) is 4.98 Å². The van der Waals surface area contributed by atoms with Gasteiger partial charge in [0.15, 0.2) is 9.84 Å². The van der Waals surface area contributed by atoms with Gasteiger partial charge < -0.3 is 5.32 Å². The summed E-state index contributed by atoms with van der Waals surface area (Å²) >= 11 is 1.66. The second-order valence-electron chi connectivity index (χ2n) is 4.36. The number of aromatic nitrogens is 1. The highest BCUT2D eigenvalue weighted by molar-refractivity contribution is 7.90. The zero-order chi connectivity index (χ0) is 13.9. The lowest BCUT2D eigenvalue weighted by atomic mass is 10.3. The van der Waals surface area contributed by atoms with Crippen molar-refractivity contribution >= 4 is 26.9 Å². The van der Waals surface area contributed by atoms with E-state index in [2.05, 4.69) is 10.3 Å². The zero-order valence-corrected chi connectivity index (χ0v) is 12.5. The number of aryl methyl sites for hydroxylation is 1. The van der Waals surface area contributed by atoms with E-state index in [-0.39, 0.29) is 0 Å². The smallest absolute Gasteiger partial charge is 0.175 e. The standard InChI is InChI=1S/C13H16N2O2S2/c1-10-9-18-13(15-10)7-8-14-11-3-5-12(6-4-11)19(2,16)17/h3-6,9,14H,7-8H2,1-2H3. The highest BCUT2D eigenvalue weighted by Crippen LogP contribution is 2.14. The Morgan fingerprint density at radius 2 is 1.95 bits per heavy atom. The molecule has 0 saturated carbocycles. The molecule has 0 aliphatic heterocycles. The predicted molar refractivity (Wildman–Crippen MR) is 78.6 cm³/mol. The third-order valence-corrected chi connectivity index (χ3v) is 4.77. The van der Waals surface area contributed by atoms with Crippen molar-refractivity contribution in [3.8, 4) is 0 Å². The summed E-state index contributed by atoms with van der Waals surface area (Å²) in [5.74, 6) is 0. The Bertz CT molecular complexity index is 646. The molecule has 0 radical (unpaired) electrons. The van der Waals surface area contributed by atoms with Gasteiger partial charge in [-0.2, -0.15) is 0 Å². The molecular weight excluding hydrogens is 280 g/mol. The fourth-order valence-electron chi connectivity index (χ4n) is 1.65. The first-order valence-corrected chi connectivity index (χ1v) is 8.67. The van der Waals surface area contributed by atoms with E-state index in [1.54, 1.807) is 35.6 Å². The Labute approximate surface area is 117 Å². The van der Waals surface area contributed by atoms with E-state index >= 15 is 0 Å². The molecule has 1 heterocycles. The number of rotatable bonds is 5. The molecule has 0 amide bonds. The summed E-state index contributed by atoms with van der Waals surface area (Å²) in [7, 11) is -3.12. The predicted octanol–water partition coefficient (Wildman–Crippen LogP) is 2.51. The number of hydrogen-bond donors (Lipinski definition) is 1. The molecule has 0 atom stereocenters. The molecule has 1 aromatic heterocycles. The van der Waals surface area contributed by atoms with Gasteiger partial charge in [-0.25, -0.2) is 13.4 Å². The molecule has 19 heavy (non-hydrogen) atoms. The van der Waals surface area contributed by atoms with Crippen molar-refractivity contribution < 1.29 is 8.42 Å². The number of sulfone groups is 1. The largest absolute Gasteiger partial charge is 0.385 e. The van der Waals surface area contributed by atoms with Crippen LogP contribution in [0.15, 0.2) is 34.5 Å². The van der Waals surface area contributed by atoms with E-state index in [1.807, 2.05) is 12.3 Å². The number of hydrogen-bond acceptors (Lipinski definition) is 5. The third kappa shape index (κ3) is 4.04. The van der Waals surface area contributed by atoms with Crippen LogP contribution in [-0.4, -0.2) is 26.2 Å². The summed E-state index contributed by atoms with van der Waals surface area (Å²) in [5, 5.41) is 6.40. The Morgan fingerprint density at radius 3 is 2.47 bits per heavy atom.